The molecule has 0 atom stereocenters. The maximum absolute atomic E-state index is 11.3. The van der Waals surface area contributed by atoms with Crippen molar-refractivity contribution in [3.8, 4) is 0 Å². The molecule has 6 nitrogen and oxygen atoms in total. The highest BCUT2D eigenvalue weighted by Crippen LogP contribution is 2.13. The molecule has 0 fully saturated rings. The lowest BCUT2D eigenvalue weighted by atomic mass is 10.3. The number of hydrogen-bond acceptors (Lipinski definition) is 5. The van der Waals surface area contributed by atoms with Gasteiger partial charge in [0.2, 0.25) is 0 Å². The van der Waals surface area contributed by atoms with E-state index < -0.39 is 5.97 Å². The Morgan fingerprint density at radius 2 is 2.47 bits per heavy atom. The zero-order valence-electron chi connectivity index (χ0n) is 8.43. The van der Waals surface area contributed by atoms with Gasteiger partial charge in [-0.2, -0.15) is 5.10 Å². The number of esters is 1. The molecule has 0 unspecified atom stereocenters. The van der Waals surface area contributed by atoms with Gasteiger partial charge in [-0.3, -0.25) is 0 Å². The zero-order chi connectivity index (χ0) is 11.4. The Morgan fingerprint density at radius 3 is 3.00 bits per heavy atom. The van der Waals surface area contributed by atoms with Gasteiger partial charge >= 0.3 is 5.97 Å². The predicted octanol–water partition coefficient (Wildman–Crippen LogP) is 0.714. The van der Waals surface area contributed by atoms with Gasteiger partial charge in [0.25, 0.3) is 0 Å². The third-order valence-corrected chi connectivity index (χ3v) is 1.71. The second kappa shape index (κ2) is 4.50. The Kier molecular flexibility index (Phi) is 3.33. The number of aromatic nitrogens is 2. The number of aliphatic hydroxyl groups excluding tert-OH is 1. The molecule has 1 aromatic rings. The SMILES string of the molecule is C=C(O)Cn1ncc(C(=O)OCC)c1N. The van der Waals surface area contributed by atoms with E-state index in [4.69, 9.17) is 15.6 Å². The summed E-state index contributed by atoms with van der Waals surface area (Å²) < 4.78 is 6.04. The number of nitrogens with zero attached hydrogens (tertiary/aromatic N) is 2. The third kappa shape index (κ3) is 2.49. The largest absolute Gasteiger partial charge is 0.511 e. The van der Waals surface area contributed by atoms with E-state index in [1.165, 1.54) is 10.9 Å². The molecular weight excluding hydrogens is 198 g/mol. The van der Waals surface area contributed by atoms with E-state index in [9.17, 15) is 4.79 Å². The van der Waals surface area contributed by atoms with Gasteiger partial charge in [0.15, 0.2) is 0 Å². The topological polar surface area (TPSA) is 90.4 Å². The molecule has 0 aromatic carbocycles. The van der Waals surface area contributed by atoms with E-state index >= 15 is 0 Å². The van der Waals surface area contributed by atoms with Gasteiger partial charge in [0.1, 0.15) is 17.1 Å². The number of nitrogen functional groups attached to an aromatic ring is 1. The highest BCUT2D eigenvalue weighted by Gasteiger charge is 2.16. The molecule has 0 saturated heterocycles. The number of carbonyl (C=O) groups excluding carboxylic acids is 1. The van der Waals surface area contributed by atoms with Gasteiger partial charge in [0, 0.05) is 0 Å². The number of anilines is 1. The number of allylic oxidation sites excluding steroid dienone is 1. The van der Waals surface area contributed by atoms with E-state index in [0.717, 1.165) is 0 Å². The van der Waals surface area contributed by atoms with Crippen molar-refractivity contribution in [1.29, 1.82) is 0 Å². The smallest absolute Gasteiger partial charge is 0.343 e. The first-order valence-electron chi connectivity index (χ1n) is 4.41. The molecule has 82 valence electrons. The molecule has 0 aliphatic carbocycles. The highest BCUT2D eigenvalue weighted by atomic mass is 16.5. The van der Waals surface area contributed by atoms with Crippen molar-refractivity contribution in [3.63, 3.8) is 0 Å². The first kappa shape index (κ1) is 11.1. The summed E-state index contributed by atoms with van der Waals surface area (Å²) in [7, 11) is 0. The fourth-order valence-electron chi connectivity index (χ4n) is 1.06. The Morgan fingerprint density at radius 1 is 1.80 bits per heavy atom. The lowest BCUT2D eigenvalue weighted by Gasteiger charge is -2.03. The van der Waals surface area contributed by atoms with Crippen LogP contribution in [0.25, 0.3) is 0 Å². The Hall–Kier alpha value is -1.98. The van der Waals surface area contributed by atoms with Gasteiger partial charge in [-0.05, 0) is 6.92 Å². The van der Waals surface area contributed by atoms with Crippen LogP contribution in [-0.2, 0) is 11.3 Å². The van der Waals surface area contributed by atoms with Crippen molar-refractivity contribution in [2.75, 3.05) is 12.3 Å². The van der Waals surface area contributed by atoms with Crippen molar-refractivity contribution in [1.82, 2.24) is 9.78 Å². The standard InChI is InChI=1S/C9H13N3O3/c1-3-15-9(14)7-4-11-12(8(7)10)5-6(2)13/h4,13H,2-3,5,10H2,1H3. The molecular formula is C9H13N3O3. The van der Waals surface area contributed by atoms with E-state index in [2.05, 4.69) is 11.7 Å². The number of hydrogen-bond donors (Lipinski definition) is 2. The number of ether oxygens (including phenoxy) is 1. The minimum absolute atomic E-state index is 0.0608. The lowest BCUT2D eigenvalue weighted by molar-refractivity contribution is 0.0527. The summed E-state index contributed by atoms with van der Waals surface area (Å²) in [6.07, 6.45) is 1.30. The molecule has 15 heavy (non-hydrogen) atoms. The maximum Gasteiger partial charge on any atom is 0.343 e. The molecule has 1 rings (SSSR count). The molecule has 1 aromatic heterocycles. The van der Waals surface area contributed by atoms with Crippen molar-refractivity contribution in [2.24, 2.45) is 0 Å². The Bertz CT molecular complexity index is 384. The molecule has 0 aliphatic heterocycles. The van der Waals surface area contributed by atoms with Crippen molar-refractivity contribution in [2.45, 2.75) is 13.5 Å². The second-order valence-corrected chi connectivity index (χ2v) is 2.89. The molecule has 0 spiro atoms. The first-order valence-corrected chi connectivity index (χ1v) is 4.41. The van der Waals surface area contributed by atoms with E-state index in [-0.39, 0.29) is 30.3 Å². The van der Waals surface area contributed by atoms with E-state index in [0.29, 0.717) is 0 Å². The van der Waals surface area contributed by atoms with E-state index in [1.807, 2.05) is 0 Å². The second-order valence-electron chi connectivity index (χ2n) is 2.89. The van der Waals surface area contributed by atoms with Crippen molar-refractivity contribution < 1.29 is 14.6 Å². The van der Waals surface area contributed by atoms with Crippen LogP contribution in [0.5, 0.6) is 0 Å². The summed E-state index contributed by atoms with van der Waals surface area (Å²) in [4.78, 5) is 11.3. The molecule has 1 heterocycles. The summed E-state index contributed by atoms with van der Waals surface area (Å²) >= 11 is 0. The van der Waals surface area contributed by atoms with Gasteiger partial charge in [0.05, 0.1) is 19.3 Å². The number of nitrogens with two attached hydrogens (primary N) is 1. The van der Waals surface area contributed by atoms with Crippen LogP contribution in [0.4, 0.5) is 5.82 Å². The van der Waals surface area contributed by atoms with Gasteiger partial charge < -0.3 is 15.6 Å². The van der Waals surface area contributed by atoms with Crippen LogP contribution in [0.3, 0.4) is 0 Å². The first-order chi connectivity index (χ1) is 7.06. The van der Waals surface area contributed by atoms with Crippen LogP contribution in [0.15, 0.2) is 18.5 Å². The Labute approximate surface area is 86.9 Å². The third-order valence-electron chi connectivity index (χ3n) is 1.71. The van der Waals surface area contributed by atoms with E-state index in [1.54, 1.807) is 6.92 Å². The normalized spacial score (nSPS) is 9.93. The quantitative estimate of drug-likeness (QED) is 0.565. The van der Waals surface area contributed by atoms with Gasteiger partial charge in [-0.15, -0.1) is 0 Å². The van der Waals surface area contributed by atoms with Gasteiger partial charge in [-0.25, -0.2) is 9.48 Å². The number of carbonyl (C=O) groups is 1. The average Bonchev–Trinajstić information content (AvgIpc) is 2.48. The highest BCUT2D eigenvalue weighted by molar-refractivity contribution is 5.93. The van der Waals surface area contributed by atoms with Crippen LogP contribution in [-0.4, -0.2) is 27.5 Å². The molecule has 6 heteroatoms. The van der Waals surface area contributed by atoms with Crippen molar-refractivity contribution >= 4 is 11.8 Å². The average molecular weight is 211 g/mol. The summed E-state index contributed by atoms with van der Waals surface area (Å²) in [5.41, 5.74) is 5.82. The zero-order valence-corrected chi connectivity index (χ0v) is 8.43. The van der Waals surface area contributed by atoms with Crippen molar-refractivity contribution in [3.05, 3.63) is 24.1 Å². The molecule has 0 saturated carbocycles. The fraction of sp³-hybridized carbons (Fsp3) is 0.333. The van der Waals surface area contributed by atoms with Crippen LogP contribution < -0.4 is 5.73 Å². The monoisotopic (exact) mass is 211 g/mol. The number of aliphatic hydroxyl groups is 1. The molecule has 0 radical (unpaired) electrons. The maximum atomic E-state index is 11.3. The predicted molar refractivity (Wildman–Crippen MR) is 54.4 cm³/mol. The van der Waals surface area contributed by atoms with Crippen LogP contribution in [0.1, 0.15) is 17.3 Å². The molecule has 0 bridgehead atoms. The summed E-state index contributed by atoms with van der Waals surface area (Å²) in [6.45, 7) is 5.34. The molecule has 0 aliphatic rings. The fourth-order valence-corrected chi connectivity index (χ4v) is 1.06. The summed E-state index contributed by atoms with van der Waals surface area (Å²) in [5, 5.41) is 12.8. The van der Waals surface area contributed by atoms with Gasteiger partial charge in [-0.1, -0.05) is 6.58 Å². The molecule has 3 N–H and O–H groups in total. The lowest BCUT2D eigenvalue weighted by Crippen LogP contribution is -2.10. The van der Waals surface area contributed by atoms with Crippen LogP contribution in [0, 0.1) is 0 Å². The van der Waals surface area contributed by atoms with Crippen LogP contribution in [0.2, 0.25) is 0 Å². The number of rotatable bonds is 4. The summed E-state index contributed by atoms with van der Waals surface area (Å²) in [6, 6.07) is 0. The summed E-state index contributed by atoms with van der Waals surface area (Å²) in [5.74, 6) is -0.450. The minimum atomic E-state index is -0.523. The molecule has 0 amide bonds. The Balaban J connectivity index is 2.88. The minimum Gasteiger partial charge on any atom is -0.511 e. The van der Waals surface area contributed by atoms with Crippen LogP contribution >= 0.6 is 0 Å².